The van der Waals surface area contributed by atoms with Crippen molar-refractivity contribution in [1.82, 2.24) is 0 Å². The Morgan fingerprint density at radius 2 is 1.20 bits per heavy atom. The standard InChI is InChI=1S/C33H48O2/c1-3-5-7-9-10-26-12-14-27(15-13-26)28-16-18-29(19-17-28)30-20-22-31(23-21-30)33-25-34-32(24-35-33)11-8-6-4-2/h16-23,26-27,32-33H,3-15,24-25H2,1-2H3/t26-,27-,32-,33-/m1/s1. The van der Waals surface area contributed by atoms with Crippen LogP contribution in [0.3, 0.4) is 0 Å². The third kappa shape index (κ3) is 7.92. The maximum Gasteiger partial charge on any atom is 0.106 e. The lowest BCUT2D eigenvalue weighted by atomic mass is 9.77. The van der Waals surface area contributed by atoms with Gasteiger partial charge in [-0.25, -0.2) is 0 Å². The van der Waals surface area contributed by atoms with Gasteiger partial charge >= 0.3 is 0 Å². The van der Waals surface area contributed by atoms with E-state index in [-0.39, 0.29) is 12.2 Å². The molecule has 2 aliphatic rings. The van der Waals surface area contributed by atoms with Gasteiger partial charge in [0.2, 0.25) is 0 Å². The average Bonchev–Trinajstić information content (AvgIpc) is 2.92. The van der Waals surface area contributed by atoms with E-state index in [1.54, 1.807) is 0 Å². The van der Waals surface area contributed by atoms with Gasteiger partial charge in [-0.15, -0.1) is 0 Å². The van der Waals surface area contributed by atoms with Crippen molar-refractivity contribution in [3.63, 3.8) is 0 Å². The van der Waals surface area contributed by atoms with Gasteiger partial charge in [-0.3, -0.25) is 0 Å². The Hall–Kier alpha value is -1.64. The zero-order chi connectivity index (χ0) is 24.3. The molecule has 0 N–H and O–H groups in total. The molecular formula is C33H48O2. The second-order valence-corrected chi connectivity index (χ2v) is 11.1. The Kier molecular flexibility index (Phi) is 10.7. The quantitative estimate of drug-likeness (QED) is 0.284. The molecule has 0 bridgehead atoms. The smallest absolute Gasteiger partial charge is 0.106 e. The largest absolute Gasteiger partial charge is 0.373 e. The lowest BCUT2D eigenvalue weighted by Gasteiger charge is -2.30. The van der Waals surface area contributed by atoms with Crippen LogP contribution in [0.25, 0.3) is 11.1 Å². The molecule has 2 fully saturated rings. The third-order valence-corrected chi connectivity index (χ3v) is 8.41. The lowest BCUT2D eigenvalue weighted by Crippen LogP contribution is -2.31. The minimum atomic E-state index is 0.0654. The molecule has 0 amide bonds. The first-order valence-electron chi connectivity index (χ1n) is 14.7. The fraction of sp³-hybridized carbons (Fsp3) is 0.636. The Bertz CT molecular complexity index is 824. The fourth-order valence-corrected chi connectivity index (χ4v) is 6.01. The number of ether oxygens (including phenoxy) is 2. The van der Waals surface area contributed by atoms with E-state index in [1.165, 1.54) is 99.3 Å². The summed E-state index contributed by atoms with van der Waals surface area (Å²) >= 11 is 0. The highest BCUT2D eigenvalue weighted by molar-refractivity contribution is 5.64. The molecule has 0 unspecified atom stereocenters. The molecule has 192 valence electrons. The molecule has 2 heteroatoms. The summed E-state index contributed by atoms with van der Waals surface area (Å²) in [5.41, 5.74) is 5.35. The lowest BCUT2D eigenvalue weighted by molar-refractivity contribution is -0.137. The molecule has 2 aromatic carbocycles. The van der Waals surface area contributed by atoms with Crippen molar-refractivity contribution in [2.75, 3.05) is 13.2 Å². The first-order valence-corrected chi connectivity index (χ1v) is 14.7. The second kappa shape index (κ2) is 14.2. The maximum atomic E-state index is 6.15. The van der Waals surface area contributed by atoms with Gasteiger partial charge in [0.1, 0.15) is 6.10 Å². The van der Waals surface area contributed by atoms with Crippen LogP contribution in [0.15, 0.2) is 48.5 Å². The van der Waals surface area contributed by atoms with Crippen molar-refractivity contribution in [2.24, 2.45) is 5.92 Å². The second-order valence-electron chi connectivity index (χ2n) is 11.1. The SMILES string of the molecule is CCCCCC[C@H]1CC[C@H](c2ccc(-c3ccc([C@H]4CO[C@H](CCCCC)CO4)cc3)cc2)CC1. The van der Waals surface area contributed by atoms with Crippen LogP contribution >= 0.6 is 0 Å². The van der Waals surface area contributed by atoms with Crippen molar-refractivity contribution < 1.29 is 9.47 Å². The van der Waals surface area contributed by atoms with E-state index < -0.39 is 0 Å². The van der Waals surface area contributed by atoms with Crippen LogP contribution in [0.2, 0.25) is 0 Å². The van der Waals surface area contributed by atoms with Gasteiger partial charge in [0, 0.05) is 0 Å². The van der Waals surface area contributed by atoms with Crippen molar-refractivity contribution in [2.45, 2.75) is 115 Å². The van der Waals surface area contributed by atoms with Crippen molar-refractivity contribution in [3.8, 4) is 11.1 Å². The zero-order valence-corrected chi connectivity index (χ0v) is 22.4. The number of hydrogen-bond donors (Lipinski definition) is 0. The minimum absolute atomic E-state index is 0.0654. The van der Waals surface area contributed by atoms with Crippen LogP contribution < -0.4 is 0 Å². The summed E-state index contributed by atoms with van der Waals surface area (Å²) in [6.07, 6.45) is 17.9. The van der Waals surface area contributed by atoms with E-state index in [9.17, 15) is 0 Å². The molecule has 1 aliphatic heterocycles. The molecule has 0 radical (unpaired) electrons. The molecule has 0 aromatic heterocycles. The summed E-state index contributed by atoms with van der Waals surface area (Å²) in [6.45, 7) is 5.94. The normalized spacial score (nSPS) is 25.0. The predicted octanol–water partition coefficient (Wildman–Crippen LogP) is 9.63. The van der Waals surface area contributed by atoms with Crippen molar-refractivity contribution in [1.29, 1.82) is 0 Å². The van der Waals surface area contributed by atoms with Crippen LogP contribution in [-0.2, 0) is 9.47 Å². The maximum absolute atomic E-state index is 6.15. The summed E-state index contributed by atoms with van der Waals surface area (Å²) in [6, 6.07) is 18.3. The molecule has 1 aliphatic carbocycles. The van der Waals surface area contributed by atoms with Gasteiger partial charge in [-0.1, -0.05) is 114 Å². The van der Waals surface area contributed by atoms with Gasteiger partial charge < -0.3 is 9.47 Å². The topological polar surface area (TPSA) is 18.5 Å². The predicted molar refractivity (Wildman–Crippen MR) is 148 cm³/mol. The summed E-state index contributed by atoms with van der Waals surface area (Å²) in [5.74, 6) is 1.74. The first kappa shape index (κ1) is 26.4. The van der Waals surface area contributed by atoms with Crippen LogP contribution in [-0.4, -0.2) is 19.3 Å². The highest BCUT2D eigenvalue weighted by Gasteiger charge is 2.24. The number of benzene rings is 2. The molecule has 35 heavy (non-hydrogen) atoms. The van der Waals surface area contributed by atoms with Crippen LogP contribution in [0, 0.1) is 5.92 Å². The molecule has 1 saturated heterocycles. The van der Waals surface area contributed by atoms with Crippen molar-refractivity contribution in [3.05, 3.63) is 59.7 Å². The third-order valence-electron chi connectivity index (χ3n) is 8.41. The molecular weight excluding hydrogens is 428 g/mol. The average molecular weight is 477 g/mol. The highest BCUT2D eigenvalue weighted by Crippen LogP contribution is 2.38. The molecule has 2 nitrogen and oxygen atoms in total. The molecule has 2 atom stereocenters. The van der Waals surface area contributed by atoms with E-state index in [4.69, 9.17) is 9.47 Å². The summed E-state index contributed by atoms with van der Waals surface area (Å²) < 4.78 is 12.2. The summed E-state index contributed by atoms with van der Waals surface area (Å²) in [7, 11) is 0. The minimum Gasteiger partial charge on any atom is -0.373 e. The Labute approximate surface area is 214 Å². The fourth-order valence-electron chi connectivity index (χ4n) is 6.01. The first-order chi connectivity index (χ1) is 17.3. The van der Waals surface area contributed by atoms with E-state index >= 15 is 0 Å². The van der Waals surface area contributed by atoms with Gasteiger partial charge in [-0.05, 0) is 66.2 Å². The summed E-state index contributed by atoms with van der Waals surface area (Å²) in [4.78, 5) is 0. The molecule has 4 rings (SSSR count). The van der Waals surface area contributed by atoms with E-state index in [0.717, 1.165) is 24.9 Å². The Morgan fingerprint density at radius 1 is 0.600 bits per heavy atom. The summed E-state index contributed by atoms with van der Waals surface area (Å²) in [5, 5.41) is 0. The molecule has 1 heterocycles. The Balaban J connectivity index is 1.23. The monoisotopic (exact) mass is 476 g/mol. The van der Waals surface area contributed by atoms with Gasteiger partial charge in [-0.2, -0.15) is 0 Å². The molecule has 0 spiro atoms. The zero-order valence-electron chi connectivity index (χ0n) is 22.4. The number of rotatable bonds is 12. The van der Waals surface area contributed by atoms with Gasteiger partial charge in [0.15, 0.2) is 0 Å². The van der Waals surface area contributed by atoms with E-state index in [0.29, 0.717) is 6.61 Å². The number of hydrogen-bond acceptors (Lipinski definition) is 2. The molecule has 2 aromatic rings. The van der Waals surface area contributed by atoms with E-state index in [2.05, 4.69) is 62.4 Å². The highest BCUT2D eigenvalue weighted by atomic mass is 16.6. The Morgan fingerprint density at radius 3 is 1.80 bits per heavy atom. The number of unbranched alkanes of at least 4 members (excludes halogenated alkanes) is 5. The van der Waals surface area contributed by atoms with Gasteiger partial charge in [0.05, 0.1) is 19.3 Å². The van der Waals surface area contributed by atoms with Crippen LogP contribution in [0.5, 0.6) is 0 Å². The van der Waals surface area contributed by atoms with Gasteiger partial charge in [0.25, 0.3) is 0 Å². The van der Waals surface area contributed by atoms with Crippen molar-refractivity contribution >= 4 is 0 Å². The molecule has 1 saturated carbocycles. The van der Waals surface area contributed by atoms with E-state index in [1.807, 2.05) is 0 Å². The van der Waals surface area contributed by atoms with Crippen LogP contribution in [0.4, 0.5) is 0 Å². The van der Waals surface area contributed by atoms with Crippen LogP contribution in [0.1, 0.15) is 120 Å².